The summed E-state index contributed by atoms with van der Waals surface area (Å²) in [4.78, 5) is 0. The van der Waals surface area contributed by atoms with E-state index in [9.17, 15) is 0 Å². The summed E-state index contributed by atoms with van der Waals surface area (Å²) in [5, 5.41) is 3.62. The molecule has 0 spiro atoms. The Kier molecular flexibility index (Phi) is 6.90. The lowest BCUT2D eigenvalue weighted by Crippen LogP contribution is -2.36. The van der Waals surface area contributed by atoms with Crippen LogP contribution in [0.15, 0.2) is 30.3 Å². The summed E-state index contributed by atoms with van der Waals surface area (Å²) in [5.74, 6) is 0.442. The van der Waals surface area contributed by atoms with Crippen molar-refractivity contribution < 1.29 is 4.74 Å². The number of hydrogen-bond acceptors (Lipinski definition) is 2. The van der Waals surface area contributed by atoms with Gasteiger partial charge in [-0.3, -0.25) is 0 Å². The van der Waals surface area contributed by atoms with Crippen molar-refractivity contribution in [1.82, 2.24) is 5.32 Å². The minimum Gasteiger partial charge on any atom is -0.384 e. The van der Waals surface area contributed by atoms with E-state index in [4.69, 9.17) is 4.74 Å². The van der Waals surface area contributed by atoms with Crippen molar-refractivity contribution in [3.05, 3.63) is 35.9 Å². The van der Waals surface area contributed by atoms with Crippen LogP contribution in [-0.4, -0.2) is 26.3 Å². The van der Waals surface area contributed by atoms with E-state index in [0.717, 1.165) is 19.6 Å². The third-order valence-electron chi connectivity index (χ3n) is 3.16. The molecular weight excluding hydrogens is 210 g/mol. The van der Waals surface area contributed by atoms with Crippen LogP contribution in [0.3, 0.4) is 0 Å². The Bertz CT molecular complexity index is 286. The first kappa shape index (κ1) is 14.2. The van der Waals surface area contributed by atoms with Gasteiger partial charge in [0.1, 0.15) is 0 Å². The van der Waals surface area contributed by atoms with E-state index >= 15 is 0 Å². The second-order valence-corrected chi connectivity index (χ2v) is 4.44. The van der Waals surface area contributed by atoms with Gasteiger partial charge in [0.2, 0.25) is 0 Å². The van der Waals surface area contributed by atoms with E-state index < -0.39 is 0 Å². The van der Waals surface area contributed by atoms with Gasteiger partial charge in [-0.05, 0) is 24.9 Å². The van der Waals surface area contributed by atoms with E-state index in [1.807, 2.05) is 0 Å². The van der Waals surface area contributed by atoms with E-state index in [2.05, 4.69) is 49.5 Å². The molecule has 17 heavy (non-hydrogen) atoms. The highest BCUT2D eigenvalue weighted by atomic mass is 16.5. The summed E-state index contributed by atoms with van der Waals surface area (Å²) in [7, 11) is 1.78. The van der Waals surface area contributed by atoms with Crippen molar-refractivity contribution in [1.29, 1.82) is 0 Å². The summed E-state index contributed by atoms with van der Waals surface area (Å²) < 4.78 is 5.38. The van der Waals surface area contributed by atoms with Crippen molar-refractivity contribution in [2.45, 2.75) is 38.6 Å². The maximum absolute atomic E-state index is 5.38. The molecule has 0 aliphatic rings. The molecule has 2 heteroatoms. The first-order chi connectivity index (χ1) is 8.33. The van der Waals surface area contributed by atoms with Crippen molar-refractivity contribution >= 4 is 0 Å². The lowest BCUT2D eigenvalue weighted by molar-refractivity contribution is 0.161. The van der Waals surface area contributed by atoms with Crippen LogP contribution in [-0.2, 0) is 4.74 Å². The molecule has 2 atom stereocenters. The summed E-state index contributed by atoms with van der Waals surface area (Å²) in [6, 6.07) is 11.2. The van der Waals surface area contributed by atoms with Gasteiger partial charge in [-0.25, -0.2) is 0 Å². The Morgan fingerprint density at radius 2 is 1.88 bits per heavy atom. The summed E-state index contributed by atoms with van der Waals surface area (Å²) in [6.07, 6.45) is 2.30. The summed E-state index contributed by atoms with van der Waals surface area (Å²) in [6.45, 7) is 6.29. The van der Waals surface area contributed by atoms with Crippen LogP contribution < -0.4 is 5.32 Å². The molecule has 1 aromatic carbocycles. The van der Waals surface area contributed by atoms with Gasteiger partial charge in [-0.15, -0.1) is 0 Å². The van der Waals surface area contributed by atoms with Crippen LogP contribution in [0.25, 0.3) is 0 Å². The predicted octanol–water partition coefficient (Wildman–Crippen LogP) is 3.19. The number of benzene rings is 1. The van der Waals surface area contributed by atoms with E-state index in [1.165, 1.54) is 12.0 Å². The zero-order chi connectivity index (χ0) is 12.5. The zero-order valence-corrected chi connectivity index (χ0v) is 11.3. The molecule has 1 aromatic rings. The number of hydrogen-bond donors (Lipinski definition) is 1. The molecule has 0 aromatic heterocycles. The Labute approximate surface area is 105 Å². The van der Waals surface area contributed by atoms with Crippen LogP contribution in [0.2, 0.25) is 0 Å². The fourth-order valence-electron chi connectivity index (χ4n) is 2.23. The van der Waals surface area contributed by atoms with Gasteiger partial charge in [0, 0.05) is 19.1 Å². The molecule has 0 aliphatic carbocycles. The molecule has 0 heterocycles. The molecule has 1 N–H and O–H groups in total. The van der Waals surface area contributed by atoms with Gasteiger partial charge in [0.15, 0.2) is 0 Å². The minimum atomic E-state index is 0.442. The van der Waals surface area contributed by atoms with Crippen LogP contribution in [0, 0.1) is 0 Å². The van der Waals surface area contributed by atoms with Crippen LogP contribution >= 0.6 is 0 Å². The minimum absolute atomic E-state index is 0.442. The smallest absolute Gasteiger partial charge is 0.0545 e. The highest BCUT2D eigenvalue weighted by molar-refractivity contribution is 5.21. The Morgan fingerprint density at radius 1 is 1.18 bits per heavy atom. The van der Waals surface area contributed by atoms with Crippen molar-refractivity contribution in [2.75, 3.05) is 20.3 Å². The van der Waals surface area contributed by atoms with Gasteiger partial charge in [0.05, 0.1) is 6.61 Å². The molecule has 1 rings (SSSR count). The Balaban J connectivity index is 2.75. The molecule has 0 bridgehead atoms. The van der Waals surface area contributed by atoms with Gasteiger partial charge >= 0.3 is 0 Å². The lowest BCUT2D eigenvalue weighted by Gasteiger charge is -2.27. The Morgan fingerprint density at radius 3 is 2.41 bits per heavy atom. The van der Waals surface area contributed by atoms with Crippen LogP contribution in [0.1, 0.15) is 38.2 Å². The molecule has 2 unspecified atom stereocenters. The molecule has 0 saturated heterocycles. The van der Waals surface area contributed by atoms with Crippen LogP contribution in [0.5, 0.6) is 0 Å². The van der Waals surface area contributed by atoms with Gasteiger partial charge in [-0.2, -0.15) is 0 Å². The SMILES string of the molecule is CCCNC(CC)C(COC)c1ccccc1. The maximum atomic E-state index is 5.38. The summed E-state index contributed by atoms with van der Waals surface area (Å²) in [5.41, 5.74) is 1.37. The second-order valence-electron chi connectivity index (χ2n) is 4.44. The number of nitrogens with one attached hydrogen (secondary N) is 1. The van der Waals surface area contributed by atoms with E-state index in [-0.39, 0.29) is 0 Å². The molecular formula is C15H25NO. The molecule has 2 nitrogen and oxygen atoms in total. The molecule has 0 amide bonds. The average molecular weight is 235 g/mol. The first-order valence-electron chi connectivity index (χ1n) is 6.60. The van der Waals surface area contributed by atoms with Crippen molar-refractivity contribution in [2.24, 2.45) is 0 Å². The second kappa shape index (κ2) is 8.26. The van der Waals surface area contributed by atoms with Crippen molar-refractivity contribution in [3.8, 4) is 0 Å². The molecule has 0 radical (unpaired) electrons. The van der Waals surface area contributed by atoms with Gasteiger partial charge in [-0.1, -0.05) is 44.2 Å². The average Bonchev–Trinajstić information content (AvgIpc) is 2.39. The number of rotatable bonds is 8. The van der Waals surface area contributed by atoms with Crippen molar-refractivity contribution in [3.63, 3.8) is 0 Å². The molecule has 96 valence electrons. The summed E-state index contributed by atoms with van der Waals surface area (Å²) >= 11 is 0. The van der Waals surface area contributed by atoms with Crippen LogP contribution in [0.4, 0.5) is 0 Å². The fraction of sp³-hybridized carbons (Fsp3) is 0.600. The lowest BCUT2D eigenvalue weighted by atomic mass is 9.90. The topological polar surface area (TPSA) is 21.3 Å². The van der Waals surface area contributed by atoms with E-state index in [0.29, 0.717) is 12.0 Å². The quantitative estimate of drug-likeness (QED) is 0.747. The monoisotopic (exact) mass is 235 g/mol. The fourth-order valence-corrected chi connectivity index (χ4v) is 2.23. The molecule has 0 fully saturated rings. The van der Waals surface area contributed by atoms with Gasteiger partial charge < -0.3 is 10.1 Å². The standard InChI is InChI=1S/C15H25NO/c1-4-11-16-15(5-2)14(12-17-3)13-9-7-6-8-10-13/h6-10,14-16H,4-5,11-12H2,1-3H3. The largest absolute Gasteiger partial charge is 0.384 e. The zero-order valence-electron chi connectivity index (χ0n) is 11.3. The molecule has 0 saturated carbocycles. The third-order valence-corrected chi connectivity index (χ3v) is 3.16. The third kappa shape index (κ3) is 4.49. The normalized spacial score (nSPS) is 14.5. The van der Waals surface area contributed by atoms with E-state index in [1.54, 1.807) is 7.11 Å². The Hall–Kier alpha value is -0.860. The predicted molar refractivity (Wildman–Crippen MR) is 73.4 cm³/mol. The first-order valence-corrected chi connectivity index (χ1v) is 6.60. The number of ether oxygens (including phenoxy) is 1. The highest BCUT2D eigenvalue weighted by Crippen LogP contribution is 2.22. The number of methoxy groups -OCH3 is 1. The molecule has 0 aliphatic heterocycles. The van der Waals surface area contributed by atoms with Gasteiger partial charge in [0.25, 0.3) is 0 Å². The maximum Gasteiger partial charge on any atom is 0.0545 e. The highest BCUT2D eigenvalue weighted by Gasteiger charge is 2.20.